The molecule has 20 heavy (non-hydrogen) atoms. The molecule has 2 nitrogen and oxygen atoms in total. The summed E-state index contributed by atoms with van der Waals surface area (Å²) in [5.41, 5.74) is 4.63. The summed E-state index contributed by atoms with van der Waals surface area (Å²) in [6.07, 6.45) is 5.45. The molecule has 0 bridgehead atoms. The Kier molecular flexibility index (Phi) is 3.87. The largest absolute Gasteiger partial charge is 0.372 e. The van der Waals surface area contributed by atoms with Crippen LogP contribution >= 0.6 is 0 Å². The molecule has 0 spiro atoms. The first kappa shape index (κ1) is 14.1. The molecule has 2 heteroatoms. The maximum Gasteiger partial charge on any atom is 0.0725 e. The number of ether oxygens (including phenoxy) is 1. The van der Waals surface area contributed by atoms with Gasteiger partial charge in [0.05, 0.1) is 13.2 Å². The van der Waals surface area contributed by atoms with Crippen molar-refractivity contribution in [3.05, 3.63) is 34.9 Å². The van der Waals surface area contributed by atoms with Gasteiger partial charge in [-0.05, 0) is 47.9 Å². The predicted molar refractivity (Wildman–Crippen MR) is 82.5 cm³/mol. The molecule has 1 aromatic carbocycles. The van der Waals surface area contributed by atoms with Crippen LogP contribution < -0.4 is 5.32 Å². The maximum atomic E-state index is 5.55. The number of fused-ring (bicyclic) bond motifs is 1. The second-order valence-corrected chi connectivity index (χ2v) is 7.13. The average Bonchev–Trinajstić information content (AvgIpc) is 2.89. The molecular formula is C18H27NO. The second kappa shape index (κ2) is 5.50. The Bertz CT molecular complexity index is 480. The molecule has 1 saturated carbocycles. The highest BCUT2D eigenvalue weighted by atomic mass is 16.5. The van der Waals surface area contributed by atoms with Gasteiger partial charge in [-0.25, -0.2) is 0 Å². The molecule has 1 N–H and O–H groups in total. The summed E-state index contributed by atoms with van der Waals surface area (Å²) >= 11 is 0. The van der Waals surface area contributed by atoms with Crippen molar-refractivity contribution in [2.75, 3.05) is 7.05 Å². The lowest BCUT2D eigenvalue weighted by atomic mass is 9.64. The molecule has 0 amide bonds. The minimum absolute atomic E-state index is 0.432. The van der Waals surface area contributed by atoms with E-state index in [2.05, 4.69) is 44.4 Å². The fourth-order valence-corrected chi connectivity index (χ4v) is 4.12. The molecule has 110 valence electrons. The molecule has 0 aromatic heterocycles. The van der Waals surface area contributed by atoms with Crippen molar-refractivity contribution in [1.82, 2.24) is 5.32 Å². The number of rotatable bonds is 3. The van der Waals surface area contributed by atoms with E-state index in [1.165, 1.54) is 42.4 Å². The summed E-state index contributed by atoms with van der Waals surface area (Å²) < 4.78 is 5.55. The van der Waals surface area contributed by atoms with Gasteiger partial charge in [-0.3, -0.25) is 0 Å². The van der Waals surface area contributed by atoms with Gasteiger partial charge >= 0.3 is 0 Å². The van der Waals surface area contributed by atoms with Crippen LogP contribution in [0.2, 0.25) is 0 Å². The Hall–Kier alpha value is -0.860. The highest BCUT2D eigenvalue weighted by Crippen LogP contribution is 2.46. The third-order valence-electron chi connectivity index (χ3n) is 5.41. The molecule has 2 atom stereocenters. The fourth-order valence-electron chi connectivity index (χ4n) is 4.12. The minimum atomic E-state index is 0.432. The van der Waals surface area contributed by atoms with Crippen molar-refractivity contribution in [1.29, 1.82) is 0 Å². The van der Waals surface area contributed by atoms with E-state index in [0.717, 1.165) is 19.1 Å². The van der Waals surface area contributed by atoms with Gasteiger partial charge < -0.3 is 10.1 Å². The molecule has 2 aliphatic rings. The van der Waals surface area contributed by atoms with E-state index in [4.69, 9.17) is 4.74 Å². The monoisotopic (exact) mass is 273 g/mol. The Morgan fingerprint density at radius 2 is 2.00 bits per heavy atom. The highest BCUT2D eigenvalue weighted by Gasteiger charge is 2.37. The van der Waals surface area contributed by atoms with E-state index < -0.39 is 0 Å². The van der Waals surface area contributed by atoms with Crippen molar-refractivity contribution < 1.29 is 4.74 Å². The fraction of sp³-hybridized carbons (Fsp3) is 0.667. The lowest BCUT2D eigenvalue weighted by Gasteiger charge is -2.43. The quantitative estimate of drug-likeness (QED) is 0.891. The van der Waals surface area contributed by atoms with Gasteiger partial charge in [-0.2, -0.15) is 0 Å². The van der Waals surface area contributed by atoms with Gasteiger partial charge in [0.1, 0.15) is 0 Å². The molecule has 1 heterocycles. The molecule has 1 fully saturated rings. The van der Waals surface area contributed by atoms with Crippen molar-refractivity contribution in [3.8, 4) is 0 Å². The van der Waals surface area contributed by atoms with Crippen LogP contribution in [0, 0.1) is 11.3 Å². The zero-order valence-electron chi connectivity index (χ0n) is 13.0. The van der Waals surface area contributed by atoms with Crippen LogP contribution in [-0.2, 0) is 18.0 Å². The Labute approximate surface area is 122 Å². The van der Waals surface area contributed by atoms with Gasteiger partial charge in [-0.1, -0.05) is 44.9 Å². The van der Waals surface area contributed by atoms with E-state index >= 15 is 0 Å². The summed E-state index contributed by atoms with van der Waals surface area (Å²) in [4.78, 5) is 0. The normalized spacial score (nSPS) is 26.2. The summed E-state index contributed by atoms with van der Waals surface area (Å²) in [5.74, 6) is 0.724. The Morgan fingerprint density at radius 3 is 2.75 bits per heavy atom. The van der Waals surface area contributed by atoms with Crippen LogP contribution in [0.3, 0.4) is 0 Å². The summed E-state index contributed by atoms with van der Waals surface area (Å²) in [6.45, 7) is 6.46. The summed E-state index contributed by atoms with van der Waals surface area (Å²) in [6, 6.07) is 7.40. The molecular weight excluding hydrogens is 246 g/mol. The van der Waals surface area contributed by atoms with Crippen LogP contribution in [0.5, 0.6) is 0 Å². The van der Waals surface area contributed by atoms with Gasteiger partial charge in [0, 0.05) is 6.04 Å². The molecule has 0 saturated heterocycles. The molecule has 1 aliphatic carbocycles. The van der Waals surface area contributed by atoms with Gasteiger partial charge in [-0.15, -0.1) is 0 Å². The average molecular weight is 273 g/mol. The summed E-state index contributed by atoms with van der Waals surface area (Å²) in [7, 11) is 2.11. The van der Waals surface area contributed by atoms with Gasteiger partial charge in [0.2, 0.25) is 0 Å². The van der Waals surface area contributed by atoms with Crippen molar-refractivity contribution in [3.63, 3.8) is 0 Å². The first-order chi connectivity index (χ1) is 9.62. The summed E-state index contributed by atoms with van der Waals surface area (Å²) in [5, 5.41) is 3.59. The first-order valence-electron chi connectivity index (χ1n) is 7.98. The van der Waals surface area contributed by atoms with E-state index in [1.54, 1.807) is 0 Å². The van der Waals surface area contributed by atoms with Gasteiger partial charge in [0.25, 0.3) is 0 Å². The topological polar surface area (TPSA) is 21.3 Å². The second-order valence-electron chi connectivity index (χ2n) is 7.13. The standard InChI is InChI=1S/C18H27NO/c1-18(2)9-5-4-6-16(18)17(19-3)13-7-8-14-11-20-12-15(14)10-13/h7-8,10,16-17,19H,4-6,9,11-12H2,1-3H3. The molecule has 3 rings (SSSR count). The van der Waals surface area contributed by atoms with Crippen molar-refractivity contribution in [2.45, 2.75) is 58.8 Å². The highest BCUT2D eigenvalue weighted by molar-refractivity contribution is 5.35. The lowest BCUT2D eigenvalue weighted by molar-refractivity contribution is 0.101. The number of hydrogen-bond acceptors (Lipinski definition) is 2. The van der Waals surface area contributed by atoms with Crippen LogP contribution in [0.25, 0.3) is 0 Å². The van der Waals surface area contributed by atoms with E-state index in [0.29, 0.717) is 11.5 Å². The predicted octanol–water partition coefficient (Wildman–Crippen LogP) is 4.19. The van der Waals surface area contributed by atoms with Crippen molar-refractivity contribution in [2.24, 2.45) is 11.3 Å². The molecule has 1 aliphatic heterocycles. The number of hydrogen-bond donors (Lipinski definition) is 1. The third-order valence-corrected chi connectivity index (χ3v) is 5.41. The van der Waals surface area contributed by atoms with E-state index in [-0.39, 0.29) is 0 Å². The van der Waals surface area contributed by atoms with Crippen LogP contribution in [-0.4, -0.2) is 7.05 Å². The molecule has 0 radical (unpaired) electrons. The lowest BCUT2D eigenvalue weighted by Crippen LogP contribution is -2.37. The van der Waals surface area contributed by atoms with Crippen LogP contribution in [0.1, 0.15) is 62.3 Å². The number of benzene rings is 1. The third kappa shape index (κ3) is 2.51. The SMILES string of the molecule is CNC(c1ccc2c(c1)COC2)C1CCCCC1(C)C. The zero-order chi connectivity index (χ0) is 14.2. The van der Waals surface area contributed by atoms with Crippen LogP contribution in [0.4, 0.5) is 0 Å². The first-order valence-corrected chi connectivity index (χ1v) is 7.98. The van der Waals surface area contributed by atoms with Crippen molar-refractivity contribution >= 4 is 0 Å². The number of nitrogens with one attached hydrogen (secondary N) is 1. The van der Waals surface area contributed by atoms with Gasteiger partial charge in [0.15, 0.2) is 0 Å². The minimum Gasteiger partial charge on any atom is -0.372 e. The Balaban J connectivity index is 1.89. The maximum absolute atomic E-state index is 5.55. The van der Waals surface area contributed by atoms with E-state index in [9.17, 15) is 0 Å². The van der Waals surface area contributed by atoms with E-state index in [1.807, 2.05) is 0 Å². The molecule has 2 unspecified atom stereocenters. The molecule has 1 aromatic rings. The Morgan fingerprint density at radius 1 is 1.20 bits per heavy atom. The van der Waals surface area contributed by atoms with Crippen LogP contribution in [0.15, 0.2) is 18.2 Å². The zero-order valence-corrected chi connectivity index (χ0v) is 13.0. The smallest absolute Gasteiger partial charge is 0.0725 e.